The van der Waals surface area contributed by atoms with Gasteiger partial charge in [-0.3, -0.25) is 14.2 Å². The van der Waals surface area contributed by atoms with Crippen LogP contribution in [0, 0.1) is 0 Å². The molecule has 0 saturated carbocycles. The summed E-state index contributed by atoms with van der Waals surface area (Å²) in [5.41, 5.74) is 0.227. The number of hydrogen-bond acceptors (Lipinski definition) is 5. The Labute approximate surface area is 165 Å². The van der Waals surface area contributed by atoms with Gasteiger partial charge in [-0.2, -0.15) is 0 Å². The van der Waals surface area contributed by atoms with Crippen molar-refractivity contribution in [3.63, 3.8) is 0 Å². The smallest absolute Gasteiger partial charge is 0.262 e. The lowest BCUT2D eigenvalue weighted by Crippen LogP contribution is -2.43. The zero-order chi connectivity index (χ0) is 19.3. The van der Waals surface area contributed by atoms with Crippen molar-refractivity contribution in [1.82, 2.24) is 14.9 Å². The fourth-order valence-corrected chi connectivity index (χ4v) is 3.48. The summed E-state index contributed by atoms with van der Waals surface area (Å²) in [6.45, 7) is 6.77. The molecule has 26 heavy (non-hydrogen) atoms. The molecule has 0 aliphatic heterocycles. The Morgan fingerprint density at radius 3 is 2.81 bits per heavy atom. The van der Waals surface area contributed by atoms with E-state index in [2.05, 4.69) is 26.2 Å². The van der Waals surface area contributed by atoms with Crippen molar-refractivity contribution in [2.24, 2.45) is 0 Å². The second kappa shape index (κ2) is 9.01. The van der Waals surface area contributed by atoms with Gasteiger partial charge >= 0.3 is 0 Å². The molecule has 2 aromatic rings. The summed E-state index contributed by atoms with van der Waals surface area (Å²) in [5.74, 6) is 0.121. The first-order valence-electron chi connectivity index (χ1n) is 8.40. The van der Waals surface area contributed by atoms with Crippen LogP contribution in [-0.2, 0) is 16.1 Å². The summed E-state index contributed by atoms with van der Waals surface area (Å²) in [6, 6.07) is 5.41. The van der Waals surface area contributed by atoms with Crippen LogP contribution in [0.4, 0.5) is 0 Å². The summed E-state index contributed by atoms with van der Waals surface area (Å²) in [5, 5.41) is 4.05. The molecule has 0 fully saturated rings. The van der Waals surface area contributed by atoms with E-state index in [1.807, 2.05) is 26.8 Å². The molecule has 0 bridgehead atoms. The number of ether oxygens (including phenoxy) is 1. The molecule has 8 heteroatoms. The molecule has 2 rings (SSSR count). The summed E-state index contributed by atoms with van der Waals surface area (Å²) < 4.78 is 7.51. The van der Waals surface area contributed by atoms with Crippen LogP contribution >= 0.6 is 27.7 Å². The van der Waals surface area contributed by atoms with E-state index in [-0.39, 0.29) is 22.8 Å². The predicted octanol–water partition coefficient (Wildman–Crippen LogP) is 3.20. The fourth-order valence-electron chi connectivity index (χ4n) is 2.29. The highest BCUT2D eigenvalue weighted by Crippen LogP contribution is 2.21. The van der Waals surface area contributed by atoms with Crippen molar-refractivity contribution in [3.05, 3.63) is 33.0 Å². The third-order valence-corrected chi connectivity index (χ3v) is 5.56. The van der Waals surface area contributed by atoms with Crippen LogP contribution in [0.3, 0.4) is 0 Å². The van der Waals surface area contributed by atoms with Gasteiger partial charge in [0, 0.05) is 17.1 Å². The second-order valence-corrected chi connectivity index (χ2v) is 8.44. The summed E-state index contributed by atoms with van der Waals surface area (Å²) in [7, 11) is 1.59. The molecule has 1 amide bonds. The topological polar surface area (TPSA) is 73.2 Å². The van der Waals surface area contributed by atoms with Crippen molar-refractivity contribution in [2.45, 2.75) is 44.4 Å². The Kier molecular flexibility index (Phi) is 7.25. The van der Waals surface area contributed by atoms with E-state index in [1.165, 1.54) is 11.8 Å². The van der Waals surface area contributed by atoms with Crippen molar-refractivity contribution in [2.75, 3.05) is 19.5 Å². The van der Waals surface area contributed by atoms with Crippen LogP contribution in [-0.4, -0.2) is 40.5 Å². The average Bonchev–Trinajstić information content (AvgIpc) is 2.59. The lowest BCUT2D eigenvalue weighted by molar-refractivity contribution is -0.120. The zero-order valence-corrected chi connectivity index (χ0v) is 17.9. The minimum absolute atomic E-state index is 0.0784. The molecule has 0 saturated heterocycles. The molecule has 0 unspecified atom stereocenters. The van der Waals surface area contributed by atoms with Crippen molar-refractivity contribution >= 4 is 44.5 Å². The first-order chi connectivity index (χ1) is 12.3. The van der Waals surface area contributed by atoms with Gasteiger partial charge in [0.1, 0.15) is 0 Å². The number of aromatic nitrogens is 2. The van der Waals surface area contributed by atoms with Crippen LogP contribution in [0.25, 0.3) is 10.9 Å². The van der Waals surface area contributed by atoms with Gasteiger partial charge in [0.2, 0.25) is 5.91 Å². The van der Waals surface area contributed by atoms with E-state index in [9.17, 15) is 9.59 Å². The number of amides is 1. The highest BCUT2D eigenvalue weighted by molar-refractivity contribution is 9.10. The molecule has 1 aromatic carbocycles. The largest absolute Gasteiger partial charge is 0.383 e. The van der Waals surface area contributed by atoms with E-state index in [0.29, 0.717) is 29.2 Å². The first-order valence-corrected chi connectivity index (χ1v) is 10.2. The maximum atomic E-state index is 12.9. The minimum atomic E-state index is -0.254. The zero-order valence-electron chi connectivity index (χ0n) is 15.5. The van der Waals surface area contributed by atoms with Gasteiger partial charge < -0.3 is 10.1 Å². The van der Waals surface area contributed by atoms with Gasteiger partial charge in [-0.1, -0.05) is 34.6 Å². The molecule has 0 spiro atoms. The van der Waals surface area contributed by atoms with Crippen molar-refractivity contribution in [3.8, 4) is 0 Å². The van der Waals surface area contributed by atoms with Gasteiger partial charge in [0.25, 0.3) is 5.56 Å². The summed E-state index contributed by atoms with van der Waals surface area (Å²) >= 11 is 4.65. The molecule has 0 aliphatic carbocycles. The van der Waals surface area contributed by atoms with Crippen molar-refractivity contribution in [1.29, 1.82) is 0 Å². The number of thioether (sulfide) groups is 1. The highest BCUT2D eigenvalue weighted by atomic mass is 79.9. The van der Waals surface area contributed by atoms with Gasteiger partial charge in [0.15, 0.2) is 5.16 Å². The van der Waals surface area contributed by atoms with Crippen molar-refractivity contribution < 1.29 is 9.53 Å². The minimum Gasteiger partial charge on any atom is -0.383 e. The maximum Gasteiger partial charge on any atom is 0.262 e. The Morgan fingerprint density at radius 1 is 1.42 bits per heavy atom. The molecule has 6 nitrogen and oxygen atoms in total. The van der Waals surface area contributed by atoms with Crippen LogP contribution in [0.1, 0.15) is 27.2 Å². The quantitative estimate of drug-likeness (QED) is 0.502. The molecular weight excluding hydrogens is 418 g/mol. The molecule has 0 aliphatic rings. The number of fused-ring (bicyclic) bond motifs is 1. The Hall–Kier alpha value is -1.38. The van der Waals surface area contributed by atoms with E-state index in [1.54, 1.807) is 23.8 Å². The third-order valence-electron chi connectivity index (χ3n) is 4.09. The number of hydrogen-bond donors (Lipinski definition) is 1. The molecule has 0 atom stereocenters. The second-order valence-electron chi connectivity index (χ2n) is 6.58. The van der Waals surface area contributed by atoms with E-state index < -0.39 is 0 Å². The summed E-state index contributed by atoms with van der Waals surface area (Å²) in [4.78, 5) is 29.7. The predicted molar refractivity (Wildman–Crippen MR) is 109 cm³/mol. The fraction of sp³-hybridized carbons (Fsp3) is 0.500. The van der Waals surface area contributed by atoms with Crippen LogP contribution in [0.5, 0.6) is 0 Å². The molecule has 1 N–H and O–H groups in total. The monoisotopic (exact) mass is 441 g/mol. The molecule has 0 radical (unpaired) electrons. The van der Waals surface area contributed by atoms with Crippen LogP contribution < -0.4 is 10.9 Å². The van der Waals surface area contributed by atoms with E-state index in [4.69, 9.17) is 4.74 Å². The average molecular weight is 442 g/mol. The molecular formula is C18H24BrN3O3S. The standard InChI is InChI=1S/C18H24BrN3O3S/c1-5-18(2,3)21-15(23)11-26-17-20-14-7-6-12(19)10-13(14)16(24)22(17)8-9-25-4/h6-7,10H,5,8-9,11H2,1-4H3,(H,21,23). The van der Waals surface area contributed by atoms with E-state index in [0.717, 1.165) is 10.9 Å². The Balaban J connectivity index is 2.31. The van der Waals surface area contributed by atoms with Gasteiger partial charge in [-0.05, 0) is 38.5 Å². The highest BCUT2D eigenvalue weighted by Gasteiger charge is 2.19. The normalized spacial score (nSPS) is 11.7. The Bertz CT molecular complexity index is 851. The SMILES string of the molecule is CCC(C)(C)NC(=O)CSc1nc2ccc(Br)cc2c(=O)n1CCOC. The molecule has 142 valence electrons. The van der Waals surface area contributed by atoms with Gasteiger partial charge in [-0.25, -0.2) is 4.98 Å². The number of nitrogens with one attached hydrogen (secondary N) is 1. The lowest BCUT2D eigenvalue weighted by Gasteiger charge is -2.24. The third kappa shape index (κ3) is 5.31. The number of nitrogens with zero attached hydrogens (tertiary/aromatic N) is 2. The number of halogens is 1. The Morgan fingerprint density at radius 2 is 2.15 bits per heavy atom. The molecule has 1 aromatic heterocycles. The van der Waals surface area contributed by atoms with Gasteiger partial charge in [0.05, 0.1) is 29.8 Å². The van der Waals surface area contributed by atoms with Crippen LogP contribution in [0.15, 0.2) is 32.6 Å². The van der Waals surface area contributed by atoms with Gasteiger partial charge in [-0.15, -0.1) is 0 Å². The number of benzene rings is 1. The molecule has 1 heterocycles. The number of rotatable bonds is 8. The summed E-state index contributed by atoms with van der Waals surface area (Å²) in [6.07, 6.45) is 0.838. The number of carbonyl (C=O) groups is 1. The maximum absolute atomic E-state index is 12.9. The first kappa shape index (κ1) is 20.9. The number of methoxy groups -OCH3 is 1. The number of carbonyl (C=O) groups excluding carboxylic acids is 1. The van der Waals surface area contributed by atoms with E-state index >= 15 is 0 Å². The lowest BCUT2D eigenvalue weighted by atomic mass is 10.0. The van der Waals surface area contributed by atoms with Crippen LogP contribution in [0.2, 0.25) is 0 Å².